The van der Waals surface area contributed by atoms with Crippen LogP contribution in [0.15, 0.2) is 60.7 Å². The summed E-state index contributed by atoms with van der Waals surface area (Å²) in [6.07, 6.45) is -1.01. The number of hydrogen-bond acceptors (Lipinski definition) is 6. The molecule has 0 N–H and O–H groups in total. The average Bonchev–Trinajstić information content (AvgIpc) is 2.67. The molecule has 2 aromatic rings. The molecule has 2 rings (SSSR count). The topological polar surface area (TPSA) is 59.1 Å². The summed E-state index contributed by atoms with van der Waals surface area (Å²) in [6, 6.07) is 18.2. The number of anilines is 2. The molecule has 0 saturated carbocycles. The molecule has 0 saturated heterocycles. The molecular formula is C18H20N2O4S2. The van der Waals surface area contributed by atoms with E-state index in [1.165, 1.54) is 8.61 Å². The second kappa shape index (κ2) is 10.6. The van der Waals surface area contributed by atoms with Gasteiger partial charge in [-0.05, 0) is 38.1 Å². The van der Waals surface area contributed by atoms with Crippen LogP contribution in [0.4, 0.5) is 21.0 Å². The summed E-state index contributed by atoms with van der Waals surface area (Å²) >= 11 is 0. The number of carbonyl (C=O) groups excluding carboxylic acids is 2. The molecule has 0 aliphatic rings. The second-order valence-corrected chi connectivity index (χ2v) is 6.73. The van der Waals surface area contributed by atoms with E-state index in [1.54, 1.807) is 38.1 Å². The van der Waals surface area contributed by atoms with Gasteiger partial charge in [0, 0.05) is 0 Å². The third-order valence-electron chi connectivity index (χ3n) is 3.03. The Hall–Kier alpha value is -2.32. The van der Waals surface area contributed by atoms with E-state index < -0.39 is 12.2 Å². The van der Waals surface area contributed by atoms with Crippen molar-refractivity contribution < 1.29 is 19.1 Å². The molecule has 0 heterocycles. The van der Waals surface area contributed by atoms with Crippen LogP contribution in [-0.2, 0) is 9.47 Å². The third-order valence-corrected chi connectivity index (χ3v) is 5.21. The van der Waals surface area contributed by atoms with Crippen LogP contribution in [0.2, 0.25) is 0 Å². The predicted octanol–water partition coefficient (Wildman–Crippen LogP) is 5.52. The van der Waals surface area contributed by atoms with E-state index in [-0.39, 0.29) is 13.2 Å². The summed E-state index contributed by atoms with van der Waals surface area (Å²) in [4.78, 5) is 24.6. The molecule has 0 aliphatic carbocycles. The number of benzene rings is 2. The van der Waals surface area contributed by atoms with Gasteiger partial charge in [0.1, 0.15) is 0 Å². The fraction of sp³-hybridized carbons (Fsp3) is 0.222. The fourth-order valence-electron chi connectivity index (χ4n) is 1.92. The van der Waals surface area contributed by atoms with Crippen LogP contribution in [0.3, 0.4) is 0 Å². The van der Waals surface area contributed by atoms with Gasteiger partial charge in [0.05, 0.1) is 46.5 Å². The number of para-hydroxylation sites is 2. The number of amides is 2. The van der Waals surface area contributed by atoms with Crippen molar-refractivity contribution in [3.63, 3.8) is 0 Å². The summed E-state index contributed by atoms with van der Waals surface area (Å²) in [5, 5.41) is 0. The lowest BCUT2D eigenvalue weighted by atomic mass is 10.3. The Bertz CT molecular complexity index is 639. The third kappa shape index (κ3) is 5.60. The average molecular weight is 393 g/mol. The second-order valence-electron chi connectivity index (χ2n) is 4.81. The Morgan fingerprint density at radius 2 is 1.08 bits per heavy atom. The highest BCUT2D eigenvalue weighted by atomic mass is 33.1. The van der Waals surface area contributed by atoms with Gasteiger partial charge >= 0.3 is 12.2 Å². The van der Waals surface area contributed by atoms with Crippen LogP contribution in [0.1, 0.15) is 13.8 Å². The molecule has 6 nitrogen and oxygen atoms in total. The van der Waals surface area contributed by atoms with Gasteiger partial charge < -0.3 is 9.47 Å². The first-order valence-corrected chi connectivity index (χ1v) is 10.1. The van der Waals surface area contributed by atoms with E-state index in [1.807, 2.05) is 36.4 Å². The van der Waals surface area contributed by atoms with Gasteiger partial charge in [-0.15, -0.1) is 0 Å². The smallest absolute Gasteiger partial charge is 0.425 e. The normalized spacial score (nSPS) is 10.1. The van der Waals surface area contributed by atoms with E-state index in [4.69, 9.17) is 9.47 Å². The Kier molecular flexibility index (Phi) is 8.17. The summed E-state index contributed by atoms with van der Waals surface area (Å²) in [6.45, 7) is 4.00. The minimum Gasteiger partial charge on any atom is -0.449 e. The van der Waals surface area contributed by atoms with E-state index >= 15 is 0 Å². The molecule has 8 heteroatoms. The minimum atomic E-state index is -0.506. The highest BCUT2D eigenvalue weighted by Gasteiger charge is 2.24. The molecule has 0 aliphatic heterocycles. The molecule has 0 aromatic heterocycles. The van der Waals surface area contributed by atoms with Gasteiger partial charge in [0.2, 0.25) is 0 Å². The number of ether oxygens (including phenoxy) is 2. The van der Waals surface area contributed by atoms with Crippen molar-refractivity contribution in [1.82, 2.24) is 0 Å². The molecule has 2 amide bonds. The quantitative estimate of drug-likeness (QED) is 0.456. The first kappa shape index (κ1) is 20.0. The number of hydrogen-bond donors (Lipinski definition) is 0. The van der Waals surface area contributed by atoms with Crippen LogP contribution in [-0.4, -0.2) is 25.4 Å². The molecule has 138 valence electrons. The molecular weight excluding hydrogens is 372 g/mol. The zero-order valence-corrected chi connectivity index (χ0v) is 16.2. The van der Waals surface area contributed by atoms with Crippen LogP contribution < -0.4 is 8.61 Å². The molecule has 0 unspecified atom stereocenters. The summed E-state index contributed by atoms with van der Waals surface area (Å²) in [5.41, 5.74) is 1.31. The molecule has 0 spiro atoms. The monoisotopic (exact) mass is 392 g/mol. The van der Waals surface area contributed by atoms with Crippen molar-refractivity contribution in [2.45, 2.75) is 13.8 Å². The minimum absolute atomic E-state index is 0.258. The molecule has 0 radical (unpaired) electrons. The van der Waals surface area contributed by atoms with E-state index in [2.05, 4.69) is 0 Å². The summed E-state index contributed by atoms with van der Waals surface area (Å²) in [5.74, 6) is 0. The van der Waals surface area contributed by atoms with Crippen LogP contribution in [0.5, 0.6) is 0 Å². The lowest BCUT2D eigenvalue weighted by Gasteiger charge is -2.24. The zero-order chi connectivity index (χ0) is 18.8. The number of nitrogens with zero attached hydrogens (tertiary/aromatic N) is 2. The lowest BCUT2D eigenvalue weighted by molar-refractivity contribution is 0.163. The standard InChI is InChI=1S/C18H20N2O4S2/c1-3-23-17(21)19(15-11-7-5-8-12-15)25-26-20(18(22)24-4-2)16-13-9-6-10-14-16/h5-14H,3-4H2,1-2H3. The van der Waals surface area contributed by atoms with Crippen molar-refractivity contribution in [1.29, 1.82) is 0 Å². The van der Waals surface area contributed by atoms with Gasteiger partial charge in [-0.3, -0.25) is 0 Å². The maximum atomic E-state index is 12.3. The maximum Gasteiger partial charge on any atom is 0.425 e. The van der Waals surface area contributed by atoms with E-state index in [9.17, 15) is 9.59 Å². The number of carbonyl (C=O) groups is 2. The Morgan fingerprint density at radius 3 is 1.38 bits per heavy atom. The van der Waals surface area contributed by atoms with Crippen molar-refractivity contribution in [3.8, 4) is 0 Å². The Labute approximate surface area is 161 Å². The SMILES string of the molecule is CCOC(=O)N(SSN(C(=O)OCC)c1ccccc1)c1ccccc1. The highest BCUT2D eigenvalue weighted by Crippen LogP contribution is 2.37. The van der Waals surface area contributed by atoms with Crippen molar-refractivity contribution in [2.75, 3.05) is 21.8 Å². The fourth-order valence-corrected chi connectivity index (χ4v) is 3.97. The lowest BCUT2D eigenvalue weighted by Crippen LogP contribution is -2.28. The van der Waals surface area contributed by atoms with Crippen molar-refractivity contribution in [3.05, 3.63) is 60.7 Å². The zero-order valence-electron chi connectivity index (χ0n) is 14.5. The van der Waals surface area contributed by atoms with E-state index in [0.717, 1.165) is 22.0 Å². The Balaban J connectivity index is 2.19. The molecule has 0 fully saturated rings. The van der Waals surface area contributed by atoms with Gasteiger partial charge in [-0.1, -0.05) is 36.4 Å². The first-order valence-electron chi connectivity index (χ1n) is 8.06. The van der Waals surface area contributed by atoms with Crippen molar-refractivity contribution >= 4 is 45.5 Å². The van der Waals surface area contributed by atoms with Crippen LogP contribution in [0, 0.1) is 0 Å². The molecule has 2 aromatic carbocycles. The number of rotatable bonds is 7. The van der Waals surface area contributed by atoms with Crippen LogP contribution in [0.25, 0.3) is 0 Å². The van der Waals surface area contributed by atoms with Gasteiger partial charge in [0.25, 0.3) is 0 Å². The largest absolute Gasteiger partial charge is 0.449 e. The maximum absolute atomic E-state index is 12.3. The van der Waals surface area contributed by atoms with Crippen LogP contribution >= 0.6 is 22.0 Å². The summed E-state index contributed by atoms with van der Waals surface area (Å²) in [7, 11) is 2.16. The molecule has 0 bridgehead atoms. The highest BCUT2D eigenvalue weighted by molar-refractivity contribution is 8.78. The predicted molar refractivity (Wildman–Crippen MR) is 107 cm³/mol. The van der Waals surface area contributed by atoms with Gasteiger partial charge in [0.15, 0.2) is 0 Å². The van der Waals surface area contributed by atoms with E-state index in [0.29, 0.717) is 11.4 Å². The Morgan fingerprint density at radius 1 is 0.731 bits per heavy atom. The molecule has 26 heavy (non-hydrogen) atoms. The van der Waals surface area contributed by atoms with Crippen molar-refractivity contribution in [2.24, 2.45) is 0 Å². The van der Waals surface area contributed by atoms with Gasteiger partial charge in [-0.25, -0.2) is 18.2 Å². The molecule has 0 atom stereocenters. The van der Waals surface area contributed by atoms with Gasteiger partial charge in [-0.2, -0.15) is 0 Å². The first-order chi connectivity index (χ1) is 12.7. The summed E-state index contributed by atoms with van der Waals surface area (Å²) < 4.78 is 13.0.